The van der Waals surface area contributed by atoms with E-state index in [2.05, 4.69) is 44.7 Å². The van der Waals surface area contributed by atoms with Crippen LogP contribution in [0.25, 0.3) is 10.8 Å². The molecule has 0 amide bonds. The molecule has 4 aromatic carbocycles. The van der Waals surface area contributed by atoms with Gasteiger partial charge in [0.15, 0.2) is 0 Å². The first-order chi connectivity index (χ1) is 15.2. The molecule has 0 fully saturated rings. The van der Waals surface area contributed by atoms with Gasteiger partial charge in [0.05, 0.1) is 19.9 Å². The molecule has 4 nitrogen and oxygen atoms in total. The predicted molar refractivity (Wildman–Crippen MR) is 130 cm³/mol. The molecule has 0 aliphatic carbocycles. The lowest BCUT2D eigenvalue weighted by Crippen LogP contribution is -2.07. The Morgan fingerprint density at radius 3 is 2.48 bits per heavy atom. The largest absolute Gasteiger partial charge is 0.496 e. The van der Waals surface area contributed by atoms with E-state index >= 15 is 0 Å². The van der Waals surface area contributed by atoms with Crippen LogP contribution in [0.3, 0.4) is 0 Å². The molecule has 0 bridgehead atoms. The molecule has 0 saturated heterocycles. The van der Waals surface area contributed by atoms with Crippen LogP contribution in [0.4, 0.5) is 0 Å². The molecule has 4 aromatic rings. The van der Waals surface area contributed by atoms with Crippen molar-refractivity contribution in [3.63, 3.8) is 0 Å². The molecule has 4 rings (SSSR count). The van der Waals surface area contributed by atoms with Crippen molar-refractivity contribution in [3.8, 4) is 11.5 Å². The van der Waals surface area contributed by atoms with Gasteiger partial charge in [0, 0.05) is 15.6 Å². The number of methoxy groups -OCH3 is 1. The minimum Gasteiger partial charge on any atom is -0.496 e. The Bertz CT molecular complexity index is 1190. The predicted octanol–water partition coefficient (Wildman–Crippen LogP) is 6.31. The van der Waals surface area contributed by atoms with Crippen LogP contribution in [-0.2, 0) is 13.2 Å². The van der Waals surface area contributed by atoms with Gasteiger partial charge >= 0.3 is 0 Å². The second-order valence-corrected chi connectivity index (χ2v) is 7.93. The summed E-state index contributed by atoms with van der Waals surface area (Å²) in [6, 6.07) is 28.4. The normalized spacial score (nSPS) is 11.0. The van der Waals surface area contributed by atoms with Gasteiger partial charge in [0.25, 0.3) is 0 Å². The second kappa shape index (κ2) is 10.1. The van der Waals surface area contributed by atoms with Crippen LogP contribution in [0.2, 0.25) is 0 Å². The molecule has 1 N–H and O–H groups in total. The van der Waals surface area contributed by atoms with E-state index in [0.29, 0.717) is 13.2 Å². The van der Waals surface area contributed by atoms with Gasteiger partial charge in [-0.05, 0) is 40.6 Å². The zero-order valence-corrected chi connectivity index (χ0v) is 18.8. The van der Waals surface area contributed by atoms with Crippen LogP contribution in [0, 0.1) is 0 Å². The van der Waals surface area contributed by atoms with Gasteiger partial charge in [-0.3, -0.25) is 0 Å². The zero-order chi connectivity index (χ0) is 21.5. The average Bonchev–Trinajstić information content (AvgIpc) is 2.82. The summed E-state index contributed by atoms with van der Waals surface area (Å²) in [7, 11) is 1.67. The maximum Gasteiger partial charge on any atom is 0.129 e. The van der Waals surface area contributed by atoms with Gasteiger partial charge in [-0.25, -0.2) is 0 Å². The highest BCUT2D eigenvalue weighted by Crippen LogP contribution is 2.27. The molecule has 5 heteroatoms. The molecular formula is C26H23BrN2O2. The molecule has 0 aliphatic heterocycles. The van der Waals surface area contributed by atoms with Crippen molar-refractivity contribution in [1.29, 1.82) is 0 Å². The molecule has 0 aromatic heterocycles. The Kier molecular flexibility index (Phi) is 6.85. The van der Waals surface area contributed by atoms with Crippen molar-refractivity contribution in [3.05, 3.63) is 106 Å². The smallest absolute Gasteiger partial charge is 0.129 e. The van der Waals surface area contributed by atoms with Gasteiger partial charge in [-0.1, -0.05) is 76.6 Å². The first-order valence-electron chi connectivity index (χ1n) is 10.0. The summed E-state index contributed by atoms with van der Waals surface area (Å²) in [5.41, 5.74) is 6.23. The summed E-state index contributed by atoms with van der Waals surface area (Å²) in [6.45, 7) is 1.06. The number of nitrogens with one attached hydrogen (secondary N) is 1. The summed E-state index contributed by atoms with van der Waals surface area (Å²) in [5.74, 6) is 1.64. The average molecular weight is 475 g/mol. The Morgan fingerprint density at radius 1 is 0.871 bits per heavy atom. The molecule has 0 aliphatic rings. The monoisotopic (exact) mass is 474 g/mol. The SMILES string of the molecule is COc1ccccc1CN/N=C\c1c(OCc2ccc(Br)cc2)ccc2ccccc12. The first kappa shape index (κ1) is 20.9. The number of nitrogens with zero attached hydrogens (tertiary/aromatic N) is 1. The third kappa shape index (κ3) is 5.25. The first-order valence-corrected chi connectivity index (χ1v) is 10.8. The molecule has 0 spiro atoms. The highest BCUT2D eigenvalue weighted by molar-refractivity contribution is 9.10. The number of hydrogen-bond acceptors (Lipinski definition) is 4. The van der Waals surface area contributed by atoms with Crippen molar-refractivity contribution < 1.29 is 9.47 Å². The molecule has 0 radical (unpaired) electrons. The van der Waals surface area contributed by atoms with Gasteiger partial charge in [0.2, 0.25) is 0 Å². The fourth-order valence-corrected chi connectivity index (χ4v) is 3.63. The number of ether oxygens (including phenoxy) is 2. The lowest BCUT2D eigenvalue weighted by molar-refractivity contribution is 0.306. The van der Waals surface area contributed by atoms with Gasteiger partial charge in [-0.15, -0.1) is 0 Å². The number of halogens is 1. The van der Waals surface area contributed by atoms with E-state index in [-0.39, 0.29) is 0 Å². The van der Waals surface area contributed by atoms with Gasteiger partial charge in [0.1, 0.15) is 18.1 Å². The molecule has 0 saturated carbocycles. The third-order valence-electron chi connectivity index (χ3n) is 4.99. The van der Waals surface area contributed by atoms with Crippen LogP contribution in [0.15, 0.2) is 94.5 Å². The highest BCUT2D eigenvalue weighted by Gasteiger charge is 2.08. The summed E-state index contributed by atoms with van der Waals surface area (Å²) in [5, 5.41) is 6.71. The van der Waals surface area contributed by atoms with Crippen LogP contribution < -0.4 is 14.9 Å². The van der Waals surface area contributed by atoms with E-state index < -0.39 is 0 Å². The number of para-hydroxylation sites is 1. The minimum absolute atomic E-state index is 0.487. The van der Waals surface area contributed by atoms with Crippen molar-refractivity contribution in [2.75, 3.05) is 7.11 Å². The Labute approximate surface area is 190 Å². The number of hydrogen-bond donors (Lipinski definition) is 1. The van der Waals surface area contributed by atoms with Crippen LogP contribution in [-0.4, -0.2) is 13.3 Å². The van der Waals surface area contributed by atoms with Gasteiger partial charge in [-0.2, -0.15) is 5.10 Å². The summed E-state index contributed by atoms with van der Waals surface area (Å²) in [4.78, 5) is 0. The number of rotatable bonds is 8. The molecule has 0 unspecified atom stereocenters. The second-order valence-electron chi connectivity index (χ2n) is 7.02. The van der Waals surface area contributed by atoms with Crippen molar-refractivity contribution in [1.82, 2.24) is 5.43 Å². The molecule has 31 heavy (non-hydrogen) atoms. The van der Waals surface area contributed by atoms with Crippen LogP contribution in [0.5, 0.6) is 11.5 Å². The number of hydrazone groups is 1. The van der Waals surface area contributed by atoms with Crippen LogP contribution in [0.1, 0.15) is 16.7 Å². The lowest BCUT2D eigenvalue weighted by atomic mass is 10.0. The van der Waals surface area contributed by atoms with Crippen molar-refractivity contribution in [2.45, 2.75) is 13.2 Å². The fraction of sp³-hybridized carbons (Fsp3) is 0.115. The minimum atomic E-state index is 0.487. The number of fused-ring (bicyclic) bond motifs is 1. The van der Waals surface area contributed by atoms with E-state index in [1.54, 1.807) is 7.11 Å². The zero-order valence-electron chi connectivity index (χ0n) is 17.2. The highest BCUT2D eigenvalue weighted by atomic mass is 79.9. The Morgan fingerprint density at radius 2 is 1.65 bits per heavy atom. The van der Waals surface area contributed by atoms with E-state index in [4.69, 9.17) is 9.47 Å². The lowest BCUT2D eigenvalue weighted by Gasteiger charge is -2.12. The Balaban J connectivity index is 1.54. The fourth-order valence-electron chi connectivity index (χ4n) is 3.37. The molecule has 0 atom stereocenters. The van der Waals surface area contributed by atoms with E-state index in [0.717, 1.165) is 43.4 Å². The molecule has 0 heterocycles. The van der Waals surface area contributed by atoms with E-state index in [9.17, 15) is 0 Å². The maximum atomic E-state index is 6.17. The van der Waals surface area contributed by atoms with Crippen molar-refractivity contribution in [2.24, 2.45) is 5.10 Å². The quantitative estimate of drug-likeness (QED) is 0.240. The topological polar surface area (TPSA) is 42.8 Å². The van der Waals surface area contributed by atoms with Gasteiger partial charge < -0.3 is 14.9 Å². The molecular weight excluding hydrogens is 452 g/mol. The third-order valence-corrected chi connectivity index (χ3v) is 5.51. The maximum absolute atomic E-state index is 6.17. The Hall–Kier alpha value is -3.31. The van der Waals surface area contributed by atoms with E-state index in [1.165, 1.54) is 0 Å². The standard InChI is InChI=1S/C26H23BrN2O2/c1-30-25-9-5-3-7-21(25)16-28-29-17-24-23-8-4-2-6-20(23)12-15-26(24)31-18-19-10-13-22(27)14-11-19/h2-15,17,28H,16,18H2,1H3/b29-17-. The van der Waals surface area contributed by atoms with E-state index in [1.807, 2.05) is 72.9 Å². The van der Waals surface area contributed by atoms with Crippen molar-refractivity contribution >= 4 is 32.9 Å². The summed E-state index contributed by atoms with van der Waals surface area (Å²) < 4.78 is 12.6. The summed E-state index contributed by atoms with van der Waals surface area (Å²) in [6.07, 6.45) is 1.83. The number of benzene rings is 4. The summed E-state index contributed by atoms with van der Waals surface area (Å²) >= 11 is 3.47. The molecule has 156 valence electrons. The van der Waals surface area contributed by atoms with Crippen LogP contribution >= 0.6 is 15.9 Å².